The quantitative estimate of drug-likeness (QED) is 0.732. The topological polar surface area (TPSA) is 12.0 Å². The van der Waals surface area contributed by atoms with Crippen molar-refractivity contribution in [2.75, 3.05) is 6.54 Å². The monoisotopic (exact) mass is 373 g/mol. The molecular formula is C16H15BrClF2N. The number of nitrogens with one attached hydrogen (secondary N) is 1. The average Bonchev–Trinajstić information content (AvgIpc) is 2.44. The second-order valence-corrected chi connectivity index (χ2v) is 6.02. The molecule has 2 aromatic carbocycles. The molecule has 0 aliphatic carbocycles. The van der Waals surface area contributed by atoms with Crippen LogP contribution in [0.5, 0.6) is 0 Å². The maximum atomic E-state index is 14.2. The first-order valence-electron chi connectivity index (χ1n) is 6.66. The summed E-state index contributed by atoms with van der Waals surface area (Å²) >= 11 is 8.97. The summed E-state index contributed by atoms with van der Waals surface area (Å²) in [6.07, 6.45) is 0.911. The number of hydrogen-bond acceptors (Lipinski definition) is 1. The van der Waals surface area contributed by atoms with Gasteiger partial charge in [-0.3, -0.25) is 0 Å². The number of halogens is 4. The lowest BCUT2D eigenvalue weighted by Crippen LogP contribution is -2.24. The van der Waals surface area contributed by atoms with Gasteiger partial charge in [-0.1, -0.05) is 30.7 Å². The Labute approximate surface area is 136 Å². The van der Waals surface area contributed by atoms with Gasteiger partial charge in [0.25, 0.3) is 0 Å². The van der Waals surface area contributed by atoms with Gasteiger partial charge in [-0.25, -0.2) is 8.78 Å². The number of rotatable bonds is 5. The standard InChI is InChI=1S/C16H15BrClF2N/c1-2-7-21-16(10-3-6-14(19)13(17)8-10)12-5-4-11(18)9-15(12)20/h3-6,8-9,16,21H,2,7H2,1H3. The lowest BCUT2D eigenvalue weighted by atomic mass is 9.98. The van der Waals surface area contributed by atoms with E-state index in [2.05, 4.69) is 21.2 Å². The van der Waals surface area contributed by atoms with Crippen molar-refractivity contribution in [2.45, 2.75) is 19.4 Å². The summed E-state index contributed by atoms with van der Waals surface area (Å²) in [5.41, 5.74) is 1.28. The van der Waals surface area contributed by atoms with Gasteiger partial charge < -0.3 is 5.32 Å². The summed E-state index contributed by atoms with van der Waals surface area (Å²) in [6, 6.07) is 8.93. The summed E-state index contributed by atoms with van der Waals surface area (Å²) in [7, 11) is 0. The Hall–Kier alpha value is -0.970. The van der Waals surface area contributed by atoms with E-state index < -0.39 is 0 Å². The minimum atomic E-state index is -0.378. The predicted octanol–water partition coefficient (Wildman–Crippen LogP) is 5.47. The molecular weight excluding hydrogens is 360 g/mol. The summed E-state index contributed by atoms with van der Waals surface area (Å²) in [6.45, 7) is 2.75. The molecule has 2 aromatic rings. The molecule has 1 unspecified atom stereocenters. The second kappa shape index (κ2) is 7.34. The average molecular weight is 375 g/mol. The third-order valence-corrected chi connectivity index (χ3v) is 3.99. The van der Waals surface area contributed by atoms with E-state index in [0.29, 0.717) is 15.1 Å². The van der Waals surface area contributed by atoms with Gasteiger partial charge in [0, 0.05) is 10.6 Å². The summed E-state index contributed by atoms with van der Waals surface area (Å²) in [5, 5.41) is 3.64. The van der Waals surface area contributed by atoms with Crippen LogP contribution < -0.4 is 5.32 Å². The van der Waals surface area contributed by atoms with E-state index in [-0.39, 0.29) is 17.7 Å². The van der Waals surface area contributed by atoms with E-state index in [4.69, 9.17) is 11.6 Å². The molecule has 2 rings (SSSR count). The van der Waals surface area contributed by atoms with Crippen LogP contribution in [0.15, 0.2) is 40.9 Å². The normalized spacial score (nSPS) is 12.4. The fourth-order valence-corrected chi connectivity index (χ4v) is 2.68. The van der Waals surface area contributed by atoms with Crippen molar-refractivity contribution < 1.29 is 8.78 Å². The van der Waals surface area contributed by atoms with Crippen LogP contribution in [0.25, 0.3) is 0 Å². The summed E-state index contributed by atoms with van der Waals surface area (Å²) in [4.78, 5) is 0. The zero-order valence-corrected chi connectivity index (χ0v) is 13.8. The van der Waals surface area contributed by atoms with Crippen LogP contribution in [0.2, 0.25) is 5.02 Å². The van der Waals surface area contributed by atoms with Crippen LogP contribution in [0.4, 0.5) is 8.78 Å². The molecule has 21 heavy (non-hydrogen) atoms. The van der Waals surface area contributed by atoms with E-state index in [1.165, 1.54) is 12.1 Å². The molecule has 0 spiro atoms. The van der Waals surface area contributed by atoms with Crippen molar-refractivity contribution in [3.63, 3.8) is 0 Å². The molecule has 1 atom stereocenters. The van der Waals surface area contributed by atoms with Gasteiger partial charge in [-0.15, -0.1) is 0 Å². The molecule has 0 aliphatic heterocycles. The SMILES string of the molecule is CCCNC(c1ccc(F)c(Br)c1)c1ccc(Cl)cc1F. The lowest BCUT2D eigenvalue weighted by Gasteiger charge is -2.20. The highest BCUT2D eigenvalue weighted by atomic mass is 79.9. The van der Waals surface area contributed by atoms with Crippen LogP contribution >= 0.6 is 27.5 Å². The minimum Gasteiger partial charge on any atom is -0.306 e. The van der Waals surface area contributed by atoms with Gasteiger partial charge in [-0.2, -0.15) is 0 Å². The zero-order valence-electron chi connectivity index (χ0n) is 11.5. The second-order valence-electron chi connectivity index (χ2n) is 4.73. The Morgan fingerprint density at radius 2 is 1.90 bits per heavy atom. The third-order valence-electron chi connectivity index (χ3n) is 3.15. The fraction of sp³-hybridized carbons (Fsp3) is 0.250. The van der Waals surface area contributed by atoms with Crippen LogP contribution in [0.1, 0.15) is 30.5 Å². The Morgan fingerprint density at radius 1 is 1.14 bits per heavy atom. The highest BCUT2D eigenvalue weighted by Crippen LogP contribution is 2.29. The van der Waals surface area contributed by atoms with Gasteiger partial charge in [0.1, 0.15) is 11.6 Å². The highest BCUT2D eigenvalue weighted by Gasteiger charge is 2.18. The summed E-state index contributed by atoms with van der Waals surface area (Å²) < 4.78 is 27.9. The van der Waals surface area contributed by atoms with Crippen molar-refractivity contribution in [3.05, 3.63) is 68.7 Å². The van der Waals surface area contributed by atoms with Gasteiger partial charge in [0.2, 0.25) is 0 Å². The van der Waals surface area contributed by atoms with Gasteiger partial charge in [-0.05, 0) is 58.7 Å². The van der Waals surface area contributed by atoms with Crippen LogP contribution in [0, 0.1) is 11.6 Å². The molecule has 0 heterocycles. The van der Waals surface area contributed by atoms with Gasteiger partial charge in [0.15, 0.2) is 0 Å². The molecule has 112 valence electrons. The molecule has 0 amide bonds. The van der Waals surface area contributed by atoms with Crippen LogP contribution in [-0.2, 0) is 0 Å². The van der Waals surface area contributed by atoms with Gasteiger partial charge in [0.05, 0.1) is 10.5 Å². The zero-order chi connectivity index (χ0) is 15.4. The van der Waals surface area contributed by atoms with E-state index in [0.717, 1.165) is 18.5 Å². The van der Waals surface area contributed by atoms with Crippen molar-refractivity contribution in [1.29, 1.82) is 0 Å². The Bertz CT molecular complexity index is 634. The molecule has 0 radical (unpaired) electrons. The highest BCUT2D eigenvalue weighted by molar-refractivity contribution is 9.10. The maximum Gasteiger partial charge on any atom is 0.137 e. The Kier molecular flexibility index (Phi) is 5.73. The van der Waals surface area contributed by atoms with Crippen molar-refractivity contribution in [1.82, 2.24) is 5.32 Å². The molecule has 0 bridgehead atoms. The molecule has 5 heteroatoms. The first kappa shape index (κ1) is 16.4. The van der Waals surface area contributed by atoms with Crippen LogP contribution in [0.3, 0.4) is 0 Å². The third kappa shape index (κ3) is 4.02. The molecule has 0 saturated heterocycles. The Balaban J connectivity index is 2.44. The predicted molar refractivity (Wildman–Crippen MR) is 85.6 cm³/mol. The molecule has 0 saturated carbocycles. The largest absolute Gasteiger partial charge is 0.306 e. The number of hydrogen-bond donors (Lipinski definition) is 1. The molecule has 1 N–H and O–H groups in total. The number of benzene rings is 2. The molecule has 0 aliphatic rings. The smallest absolute Gasteiger partial charge is 0.137 e. The van der Waals surface area contributed by atoms with E-state index in [9.17, 15) is 8.78 Å². The molecule has 1 nitrogen and oxygen atoms in total. The first-order valence-corrected chi connectivity index (χ1v) is 7.83. The minimum absolute atomic E-state index is 0.343. The molecule has 0 aromatic heterocycles. The van der Waals surface area contributed by atoms with E-state index in [1.54, 1.807) is 24.3 Å². The van der Waals surface area contributed by atoms with E-state index in [1.807, 2.05) is 6.92 Å². The fourth-order valence-electron chi connectivity index (χ4n) is 2.12. The first-order chi connectivity index (χ1) is 10.0. The Morgan fingerprint density at radius 3 is 2.52 bits per heavy atom. The molecule has 0 fully saturated rings. The van der Waals surface area contributed by atoms with Crippen molar-refractivity contribution in [3.8, 4) is 0 Å². The van der Waals surface area contributed by atoms with Crippen molar-refractivity contribution >= 4 is 27.5 Å². The van der Waals surface area contributed by atoms with E-state index >= 15 is 0 Å². The maximum absolute atomic E-state index is 14.2. The van der Waals surface area contributed by atoms with Crippen molar-refractivity contribution in [2.24, 2.45) is 0 Å². The lowest BCUT2D eigenvalue weighted by molar-refractivity contribution is 0.545. The van der Waals surface area contributed by atoms with Crippen LogP contribution in [-0.4, -0.2) is 6.54 Å². The van der Waals surface area contributed by atoms with Gasteiger partial charge >= 0.3 is 0 Å². The summed E-state index contributed by atoms with van der Waals surface area (Å²) in [5.74, 6) is -0.721.